The fourth-order valence-electron chi connectivity index (χ4n) is 4.99. The molecule has 2 atom stereocenters. The maximum absolute atomic E-state index is 13.4. The summed E-state index contributed by atoms with van der Waals surface area (Å²) >= 11 is 0. The number of hydrogen-bond acceptors (Lipinski definition) is 6. The van der Waals surface area contributed by atoms with Crippen molar-refractivity contribution in [3.8, 4) is 17.1 Å². The number of amides is 1. The van der Waals surface area contributed by atoms with E-state index >= 15 is 0 Å². The summed E-state index contributed by atoms with van der Waals surface area (Å²) in [6.07, 6.45) is 7.20. The molecule has 0 spiro atoms. The molecule has 4 aromatic rings. The lowest BCUT2D eigenvalue weighted by Crippen LogP contribution is -2.38. The van der Waals surface area contributed by atoms with Crippen molar-refractivity contribution >= 4 is 17.2 Å². The minimum absolute atomic E-state index is 0.101. The molecule has 1 fully saturated rings. The molecule has 1 amide bonds. The standard InChI is InChI=1S/C26H28N6O2/c1-16-11-22(32-23(16)24(27)29-15-30-32)19-13-21(26(34-2)28-14-19)25(33)31-20-10-6-9-18(12-20)17-7-4-3-5-8-17/h3-5,7-8,11,13-15,18,20H,6,9-10,12H2,1-2H3,(H,31,33)(H2,27,29,30)/t18-,20-/m1/s1. The summed E-state index contributed by atoms with van der Waals surface area (Å²) in [5, 5.41) is 7.58. The van der Waals surface area contributed by atoms with Crippen LogP contribution in [-0.2, 0) is 0 Å². The van der Waals surface area contributed by atoms with Gasteiger partial charge in [-0.05, 0) is 55.4 Å². The molecule has 0 bridgehead atoms. The van der Waals surface area contributed by atoms with Crippen LogP contribution in [0.15, 0.2) is 55.0 Å². The molecule has 0 radical (unpaired) electrons. The maximum atomic E-state index is 13.4. The normalized spacial score (nSPS) is 18.1. The van der Waals surface area contributed by atoms with Crippen LogP contribution in [0.4, 0.5) is 5.82 Å². The topological polar surface area (TPSA) is 107 Å². The number of nitrogens with one attached hydrogen (secondary N) is 1. The summed E-state index contributed by atoms with van der Waals surface area (Å²) in [5.41, 5.74) is 11.0. The van der Waals surface area contributed by atoms with Crippen molar-refractivity contribution < 1.29 is 9.53 Å². The molecular weight excluding hydrogens is 428 g/mol. The highest BCUT2D eigenvalue weighted by atomic mass is 16.5. The highest BCUT2D eigenvalue weighted by molar-refractivity contribution is 5.97. The van der Waals surface area contributed by atoms with Crippen molar-refractivity contribution in [3.63, 3.8) is 0 Å². The third kappa shape index (κ3) is 4.07. The smallest absolute Gasteiger partial charge is 0.257 e. The number of nitrogens with two attached hydrogens (primary N) is 1. The number of nitrogen functional groups attached to an aromatic ring is 1. The first-order valence-corrected chi connectivity index (χ1v) is 11.5. The summed E-state index contributed by atoms with van der Waals surface area (Å²) in [6, 6.07) is 14.4. The van der Waals surface area contributed by atoms with Crippen molar-refractivity contribution in [1.82, 2.24) is 24.9 Å². The van der Waals surface area contributed by atoms with Crippen molar-refractivity contribution in [2.45, 2.75) is 44.6 Å². The first-order chi connectivity index (χ1) is 16.5. The predicted octanol–water partition coefficient (Wildman–Crippen LogP) is 4.15. The van der Waals surface area contributed by atoms with Crippen LogP contribution in [0.1, 0.15) is 53.1 Å². The Hall–Kier alpha value is -3.94. The number of carbonyl (C=O) groups excluding carboxylic acids is 1. The van der Waals surface area contributed by atoms with Crippen molar-refractivity contribution in [2.75, 3.05) is 12.8 Å². The predicted molar refractivity (Wildman–Crippen MR) is 131 cm³/mol. The Bertz CT molecular complexity index is 1330. The minimum atomic E-state index is -0.184. The molecule has 5 rings (SSSR count). The summed E-state index contributed by atoms with van der Waals surface area (Å²) < 4.78 is 7.15. The highest BCUT2D eigenvalue weighted by Crippen LogP contribution is 2.34. The molecule has 3 N–H and O–H groups in total. The Morgan fingerprint density at radius 1 is 1.18 bits per heavy atom. The van der Waals surface area contributed by atoms with E-state index in [9.17, 15) is 4.79 Å². The van der Waals surface area contributed by atoms with Gasteiger partial charge in [0.25, 0.3) is 5.91 Å². The lowest BCUT2D eigenvalue weighted by atomic mass is 9.81. The van der Waals surface area contributed by atoms with Gasteiger partial charge in [0.2, 0.25) is 5.88 Å². The number of pyridine rings is 1. The van der Waals surface area contributed by atoms with Crippen LogP contribution in [0.3, 0.4) is 0 Å². The van der Waals surface area contributed by atoms with E-state index in [1.807, 2.05) is 19.1 Å². The van der Waals surface area contributed by atoms with Gasteiger partial charge in [0.1, 0.15) is 17.4 Å². The number of carbonyl (C=O) groups is 1. The Kier molecular flexibility index (Phi) is 5.88. The van der Waals surface area contributed by atoms with E-state index in [4.69, 9.17) is 10.5 Å². The van der Waals surface area contributed by atoms with E-state index in [0.29, 0.717) is 23.2 Å². The second-order valence-electron chi connectivity index (χ2n) is 8.84. The van der Waals surface area contributed by atoms with Gasteiger partial charge in [0, 0.05) is 17.8 Å². The molecule has 0 saturated heterocycles. The Balaban J connectivity index is 1.42. The molecule has 0 unspecified atom stereocenters. The Morgan fingerprint density at radius 3 is 2.79 bits per heavy atom. The molecule has 174 valence electrons. The third-order valence-corrected chi connectivity index (χ3v) is 6.64. The second kappa shape index (κ2) is 9.13. The van der Waals surface area contributed by atoms with Crippen LogP contribution in [0.5, 0.6) is 5.88 Å². The lowest BCUT2D eigenvalue weighted by molar-refractivity contribution is 0.0921. The van der Waals surface area contributed by atoms with Crippen LogP contribution in [0, 0.1) is 6.92 Å². The van der Waals surface area contributed by atoms with Gasteiger partial charge < -0.3 is 15.8 Å². The summed E-state index contributed by atoms with van der Waals surface area (Å²) in [4.78, 5) is 21.9. The first-order valence-electron chi connectivity index (χ1n) is 11.5. The molecule has 1 aromatic carbocycles. The lowest BCUT2D eigenvalue weighted by Gasteiger charge is -2.30. The fourth-order valence-corrected chi connectivity index (χ4v) is 4.99. The molecule has 1 aliphatic rings. The third-order valence-electron chi connectivity index (χ3n) is 6.64. The van der Waals surface area contributed by atoms with Crippen LogP contribution in [0.25, 0.3) is 16.8 Å². The number of ether oxygens (including phenoxy) is 1. The number of hydrogen-bond donors (Lipinski definition) is 2. The van der Waals surface area contributed by atoms with Gasteiger partial charge in [0.05, 0.1) is 12.8 Å². The largest absolute Gasteiger partial charge is 0.480 e. The molecule has 34 heavy (non-hydrogen) atoms. The van der Waals surface area contributed by atoms with Gasteiger partial charge in [-0.1, -0.05) is 36.8 Å². The molecule has 1 aliphatic carbocycles. The SMILES string of the molecule is COc1ncc(-c2cc(C)c3c(N)ncnn23)cc1C(=O)N[C@@H]1CCC[C@@H](c2ccccc2)C1. The Morgan fingerprint density at radius 2 is 2.00 bits per heavy atom. The van der Waals surface area contributed by atoms with Gasteiger partial charge >= 0.3 is 0 Å². The van der Waals surface area contributed by atoms with E-state index in [1.165, 1.54) is 19.0 Å². The maximum Gasteiger partial charge on any atom is 0.257 e. The van der Waals surface area contributed by atoms with Gasteiger partial charge in [-0.25, -0.2) is 14.5 Å². The van der Waals surface area contributed by atoms with Gasteiger partial charge in [-0.15, -0.1) is 0 Å². The number of aryl methyl sites for hydroxylation is 1. The van der Waals surface area contributed by atoms with Crippen LogP contribution in [-0.4, -0.2) is 38.6 Å². The van der Waals surface area contributed by atoms with Crippen molar-refractivity contribution in [1.29, 1.82) is 0 Å². The van der Waals surface area contributed by atoms with Gasteiger partial charge in [0.15, 0.2) is 5.82 Å². The number of nitrogens with zero attached hydrogens (tertiary/aromatic N) is 4. The first kappa shape index (κ1) is 21.9. The number of methoxy groups -OCH3 is 1. The highest BCUT2D eigenvalue weighted by Gasteiger charge is 2.26. The summed E-state index contributed by atoms with van der Waals surface area (Å²) in [6.45, 7) is 1.95. The van der Waals surface area contributed by atoms with Gasteiger partial charge in [-0.3, -0.25) is 4.79 Å². The number of anilines is 1. The zero-order valence-corrected chi connectivity index (χ0v) is 19.4. The second-order valence-corrected chi connectivity index (χ2v) is 8.84. The molecular formula is C26H28N6O2. The van der Waals surface area contributed by atoms with E-state index in [2.05, 4.69) is 44.6 Å². The molecule has 3 heterocycles. The van der Waals surface area contributed by atoms with Crippen molar-refractivity contribution in [2.24, 2.45) is 0 Å². The zero-order chi connectivity index (χ0) is 23.7. The van der Waals surface area contributed by atoms with E-state index < -0.39 is 0 Å². The fraction of sp³-hybridized carbons (Fsp3) is 0.308. The van der Waals surface area contributed by atoms with Gasteiger partial charge in [-0.2, -0.15) is 5.10 Å². The van der Waals surface area contributed by atoms with Crippen LogP contribution >= 0.6 is 0 Å². The molecule has 0 aliphatic heterocycles. The number of benzene rings is 1. The van der Waals surface area contributed by atoms with E-state index in [-0.39, 0.29) is 11.9 Å². The number of rotatable bonds is 5. The monoisotopic (exact) mass is 456 g/mol. The van der Waals surface area contributed by atoms with E-state index in [1.54, 1.807) is 16.8 Å². The molecule has 1 saturated carbocycles. The average Bonchev–Trinajstić information content (AvgIpc) is 3.22. The minimum Gasteiger partial charge on any atom is -0.480 e. The number of aromatic nitrogens is 4. The molecule has 3 aromatic heterocycles. The summed E-state index contributed by atoms with van der Waals surface area (Å²) in [5.74, 6) is 0.968. The van der Waals surface area contributed by atoms with Crippen LogP contribution in [0.2, 0.25) is 0 Å². The van der Waals surface area contributed by atoms with Crippen molar-refractivity contribution in [3.05, 3.63) is 71.7 Å². The Labute approximate surface area is 198 Å². The molecule has 8 nitrogen and oxygen atoms in total. The van der Waals surface area contributed by atoms with E-state index in [0.717, 1.165) is 48.0 Å². The quantitative estimate of drug-likeness (QED) is 0.467. The average molecular weight is 457 g/mol. The number of fused-ring (bicyclic) bond motifs is 1. The zero-order valence-electron chi connectivity index (χ0n) is 19.4. The van der Waals surface area contributed by atoms with Crippen LogP contribution < -0.4 is 15.8 Å². The summed E-state index contributed by atoms with van der Waals surface area (Å²) in [7, 11) is 1.52. The molecule has 8 heteroatoms.